The molecule has 3 heterocycles. The molecule has 7 nitrogen and oxygen atoms in total. The molecule has 2 N–H and O–H groups in total. The van der Waals surface area contributed by atoms with Crippen LogP contribution in [-0.2, 0) is 11.3 Å². The Hall–Kier alpha value is -2.64. The zero-order valence-electron chi connectivity index (χ0n) is 18.1. The predicted octanol–water partition coefficient (Wildman–Crippen LogP) is 3.24. The van der Waals surface area contributed by atoms with Crippen LogP contribution >= 0.6 is 0 Å². The maximum Gasteiger partial charge on any atom is 0.204 e. The van der Waals surface area contributed by atoms with Crippen molar-refractivity contribution in [1.29, 1.82) is 0 Å². The Morgan fingerprint density at radius 1 is 1.10 bits per heavy atom. The summed E-state index contributed by atoms with van der Waals surface area (Å²) in [5.74, 6) is 1.04. The van der Waals surface area contributed by atoms with Crippen molar-refractivity contribution in [2.75, 3.05) is 44.7 Å². The van der Waals surface area contributed by atoms with Crippen LogP contribution in [0.3, 0.4) is 0 Å². The zero-order chi connectivity index (χ0) is 21.1. The summed E-state index contributed by atoms with van der Waals surface area (Å²) in [6.45, 7) is 12.2. The van der Waals surface area contributed by atoms with Gasteiger partial charge in [-0.1, -0.05) is 6.07 Å². The first-order chi connectivity index (χ1) is 14.5. The van der Waals surface area contributed by atoms with Crippen molar-refractivity contribution < 1.29 is 9.84 Å². The maximum atomic E-state index is 10.3. The number of aromatic nitrogens is 3. The van der Waals surface area contributed by atoms with Crippen LogP contribution in [0.25, 0.3) is 11.0 Å². The number of aryl methyl sites for hydroxylation is 3. The lowest BCUT2D eigenvalue weighted by molar-refractivity contribution is 0.0378. The molecule has 0 radical (unpaired) electrons. The number of hydrogen-bond donors (Lipinski definition) is 2. The Morgan fingerprint density at radius 3 is 2.70 bits per heavy atom. The van der Waals surface area contributed by atoms with E-state index in [4.69, 9.17) is 9.72 Å². The molecule has 0 saturated carbocycles. The molecule has 3 aromatic rings. The number of imidazole rings is 1. The van der Waals surface area contributed by atoms with Crippen LogP contribution in [0, 0.1) is 20.8 Å². The fraction of sp³-hybridized carbons (Fsp3) is 0.478. The number of aromatic hydroxyl groups is 1. The average Bonchev–Trinajstić information content (AvgIpc) is 3.06. The van der Waals surface area contributed by atoms with Crippen LogP contribution in [0.4, 0.5) is 5.95 Å². The Balaban J connectivity index is 1.57. The topological polar surface area (TPSA) is 75.4 Å². The van der Waals surface area contributed by atoms with Crippen LogP contribution in [-0.4, -0.2) is 63.9 Å². The predicted molar refractivity (Wildman–Crippen MR) is 119 cm³/mol. The first kappa shape index (κ1) is 20.6. The van der Waals surface area contributed by atoms with E-state index in [1.807, 2.05) is 13.0 Å². The van der Waals surface area contributed by atoms with Gasteiger partial charge in [0.1, 0.15) is 11.4 Å². The number of rotatable bonds is 7. The molecule has 0 amide bonds. The summed E-state index contributed by atoms with van der Waals surface area (Å²) >= 11 is 0. The molecule has 1 aliphatic heterocycles. The number of nitrogens with one attached hydrogen (secondary N) is 1. The van der Waals surface area contributed by atoms with Crippen molar-refractivity contribution in [1.82, 2.24) is 19.4 Å². The number of morpholine rings is 1. The number of pyridine rings is 1. The Bertz CT molecular complexity index is 1020. The summed E-state index contributed by atoms with van der Waals surface area (Å²) < 4.78 is 7.56. The number of anilines is 1. The van der Waals surface area contributed by atoms with E-state index in [-0.39, 0.29) is 5.75 Å². The normalized spacial score (nSPS) is 15.0. The molecule has 0 atom stereocenters. The third-order valence-corrected chi connectivity index (χ3v) is 5.61. The van der Waals surface area contributed by atoms with Gasteiger partial charge in [-0.25, -0.2) is 4.98 Å². The molecule has 0 bridgehead atoms. The van der Waals surface area contributed by atoms with Crippen molar-refractivity contribution in [3.63, 3.8) is 0 Å². The molecule has 7 heteroatoms. The standard InChI is InChI=1S/C23H31N5O2/c1-16-13-17(2)22-19(14-16)26-23(24-7-4-8-27-9-11-30-12-10-27)28(22)15-20-21(29)6-5-18(3)25-20/h5-6,13-14,29H,4,7-12,15H2,1-3H3,(H,24,26). The van der Waals surface area contributed by atoms with Gasteiger partial charge in [-0.2, -0.15) is 0 Å². The number of hydrogen-bond acceptors (Lipinski definition) is 6. The third-order valence-electron chi connectivity index (χ3n) is 5.61. The Kier molecular flexibility index (Phi) is 6.20. The molecule has 1 aliphatic rings. The van der Waals surface area contributed by atoms with Gasteiger partial charge < -0.3 is 19.7 Å². The second-order valence-electron chi connectivity index (χ2n) is 8.12. The summed E-state index contributed by atoms with van der Waals surface area (Å²) in [4.78, 5) is 11.9. The van der Waals surface area contributed by atoms with Gasteiger partial charge in [0.25, 0.3) is 0 Å². The number of fused-ring (bicyclic) bond motifs is 1. The molecule has 0 spiro atoms. The van der Waals surface area contributed by atoms with Gasteiger partial charge in [-0.05, 0) is 63.1 Å². The van der Waals surface area contributed by atoms with Crippen LogP contribution in [0.15, 0.2) is 24.3 Å². The molecule has 1 aromatic carbocycles. The minimum absolute atomic E-state index is 0.213. The highest BCUT2D eigenvalue weighted by molar-refractivity contribution is 5.83. The third kappa shape index (κ3) is 4.57. The van der Waals surface area contributed by atoms with Gasteiger partial charge >= 0.3 is 0 Å². The monoisotopic (exact) mass is 409 g/mol. The molecule has 0 aliphatic carbocycles. The Morgan fingerprint density at radius 2 is 1.90 bits per heavy atom. The average molecular weight is 410 g/mol. The van der Waals surface area contributed by atoms with Gasteiger partial charge in [0.05, 0.1) is 30.8 Å². The maximum absolute atomic E-state index is 10.3. The summed E-state index contributed by atoms with van der Waals surface area (Å²) in [7, 11) is 0. The van der Waals surface area contributed by atoms with E-state index in [9.17, 15) is 5.11 Å². The summed E-state index contributed by atoms with van der Waals surface area (Å²) in [6.07, 6.45) is 1.04. The highest BCUT2D eigenvalue weighted by atomic mass is 16.5. The van der Waals surface area contributed by atoms with E-state index in [0.29, 0.717) is 12.2 Å². The van der Waals surface area contributed by atoms with Gasteiger partial charge in [-0.3, -0.25) is 9.88 Å². The van der Waals surface area contributed by atoms with Crippen molar-refractivity contribution in [2.45, 2.75) is 33.7 Å². The van der Waals surface area contributed by atoms with Crippen molar-refractivity contribution in [3.05, 3.63) is 46.8 Å². The van der Waals surface area contributed by atoms with Gasteiger partial charge in [0.2, 0.25) is 5.95 Å². The minimum Gasteiger partial charge on any atom is -0.506 e. The lowest BCUT2D eigenvalue weighted by atomic mass is 10.1. The molecule has 0 unspecified atom stereocenters. The van der Waals surface area contributed by atoms with Gasteiger partial charge in [-0.15, -0.1) is 0 Å². The lowest BCUT2D eigenvalue weighted by Crippen LogP contribution is -2.37. The summed E-state index contributed by atoms with van der Waals surface area (Å²) in [5.41, 5.74) is 5.96. The fourth-order valence-corrected chi connectivity index (χ4v) is 4.14. The lowest BCUT2D eigenvalue weighted by Gasteiger charge is -2.26. The molecular formula is C23H31N5O2. The molecular weight excluding hydrogens is 378 g/mol. The van der Waals surface area contributed by atoms with E-state index in [2.05, 4.69) is 45.7 Å². The summed E-state index contributed by atoms with van der Waals surface area (Å²) in [5, 5.41) is 13.9. The van der Waals surface area contributed by atoms with E-state index >= 15 is 0 Å². The number of nitrogens with zero attached hydrogens (tertiary/aromatic N) is 4. The first-order valence-corrected chi connectivity index (χ1v) is 10.7. The molecule has 160 valence electrons. The van der Waals surface area contributed by atoms with E-state index in [1.54, 1.807) is 6.07 Å². The van der Waals surface area contributed by atoms with Crippen LogP contribution in [0.2, 0.25) is 0 Å². The van der Waals surface area contributed by atoms with Crippen LogP contribution in [0.1, 0.15) is 28.9 Å². The van der Waals surface area contributed by atoms with Crippen LogP contribution < -0.4 is 5.32 Å². The van der Waals surface area contributed by atoms with Gasteiger partial charge in [0.15, 0.2) is 0 Å². The second kappa shape index (κ2) is 9.02. The minimum atomic E-state index is 0.213. The second-order valence-corrected chi connectivity index (χ2v) is 8.12. The van der Waals surface area contributed by atoms with Crippen molar-refractivity contribution in [3.8, 4) is 5.75 Å². The fourth-order valence-electron chi connectivity index (χ4n) is 4.14. The van der Waals surface area contributed by atoms with Gasteiger partial charge in [0, 0.05) is 25.3 Å². The highest BCUT2D eigenvalue weighted by Crippen LogP contribution is 2.27. The Labute approximate surface area is 177 Å². The smallest absolute Gasteiger partial charge is 0.204 e. The van der Waals surface area contributed by atoms with E-state index in [1.165, 1.54) is 11.1 Å². The van der Waals surface area contributed by atoms with Crippen LogP contribution in [0.5, 0.6) is 5.75 Å². The zero-order valence-corrected chi connectivity index (χ0v) is 18.1. The molecule has 4 rings (SSSR count). The van der Waals surface area contributed by atoms with E-state index in [0.717, 1.165) is 68.5 Å². The highest BCUT2D eigenvalue weighted by Gasteiger charge is 2.16. The largest absolute Gasteiger partial charge is 0.506 e. The number of benzene rings is 1. The summed E-state index contributed by atoms with van der Waals surface area (Å²) in [6, 6.07) is 7.82. The SMILES string of the molecule is Cc1cc(C)c2c(c1)nc(NCCCN1CCOCC1)n2Cc1nc(C)ccc1O. The molecule has 1 saturated heterocycles. The molecule has 2 aromatic heterocycles. The first-order valence-electron chi connectivity index (χ1n) is 10.7. The molecule has 1 fully saturated rings. The van der Waals surface area contributed by atoms with Crippen molar-refractivity contribution >= 4 is 17.0 Å². The number of ether oxygens (including phenoxy) is 1. The van der Waals surface area contributed by atoms with E-state index < -0.39 is 0 Å². The molecule has 30 heavy (non-hydrogen) atoms. The van der Waals surface area contributed by atoms with Crippen molar-refractivity contribution in [2.24, 2.45) is 0 Å². The quantitative estimate of drug-likeness (QED) is 0.584.